The summed E-state index contributed by atoms with van der Waals surface area (Å²) in [6.45, 7) is 2.12. The van der Waals surface area contributed by atoms with E-state index in [9.17, 15) is 0 Å². The molecule has 108 valence electrons. The van der Waals surface area contributed by atoms with Gasteiger partial charge in [-0.25, -0.2) is 0 Å². The molecule has 0 aromatic heterocycles. The Morgan fingerprint density at radius 3 is 2.43 bits per heavy atom. The van der Waals surface area contributed by atoms with Gasteiger partial charge in [-0.3, -0.25) is 5.41 Å². The molecule has 0 unspecified atom stereocenters. The van der Waals surface area contributed by atoms with Crippen LogP contribution in [0.3, 0.4) is 0 Å². The summed E-state index contributed by atoms with van der Waals surface area (Å²) in [6, 6.07) is 15.9. The average molecular weight is 344 g/mol. The van der Waals surface area contributed by atoms with E-state index in [1.807, 2.05) is 36.4 Å². The van der Waals surface area contributed by atoms with Gasteiger partial charge in [0, 0.05) is 22.6 Å². The molecule has 0 amide bonds. The van der Waals surface area contributed by atoms with Crippen LogP contribution in [0, 0.1) is 5.41 Å². The summed E-state index contributed by atoms with van der Waals surface area (Å²) in [5.41, 5.74) is 6.86. The zero-order valence-corrected chi connectivity index (χ0v) is 13.7. The molecule has 0 aliphatic heterocycles. The highest BCUT2D eigenvalue weighted by Crippen LogP contribution is 2.15. The monoisotopic (exact) mass is 343 g/mol. The van der Waals surface area contributed by atoms with Crippen molar-refractivity contribution in [3.8, 4) is 0 Å². The van der Waals surface area contributed by atoms with Crippen LogP contribution in [0.2, 0.25) is 0 Å². The highest BCUT2D eigenvalue weighted by molar-refractivity contribution is 9.10. The van der Waals surface area contributed by atoms with Gasteiger partial charge in [-0.1, -0.05) is 59.3 Å². The Labute approximate surface area is 133 Å². The predicted molar refractivity (Wildman–Crippen MR) is 92.4 cm³/mol. The van der Waals surface area contributed by atoms with E-state index in [0.717, 1.165) is 22.0 Å². The third-order valence-corrected chi connectivity index (χ3v) is 3.70. The number of rotatable bonds is 5. The Kier molecular flexibility index (Phi) is 5.28. The lowest BCUT2D eigenvalue weighted by molar-refractivity contribution is 0.904. The van der Waals surface area contributed by atoms with Crippen LogP contribution in [0.4, 0.5) is 0 Å². The van der Waals surface area contributed by atoms with Crippen molar-refractivity contribution >= 4 is 27.4 Å². The van der Waals surface area contributed by atoms with Crippen molar-refractivity contribution < 1.29 is 0 Å². The zero-order valence-electron chi connectivity index (χ0n) is 12.2. The Morgan fingerprint density at radius 1 is 1.14 bits per heavy atom. The summed E-state index contributed by atoms with van der Waals surface area (Å²) in [5, 5.41) is 12.7. The smallest absolute Gasteiger partial charge is 0.116 e. The van der Waals surface area contributed by atoms with Gasteiger partial charge in [0.15, 0.2) is 0 Å². The first kappa shape index (κ1) is 15.4. The zero-order chi connectivity index (χ0) is 15.2. The summed E-state index contributed by atoms with van der Waals surface area (Å²) in [4.78, 5) is 0. The number of nitrogens with zero attached hydrogens (tertiary/aromatic N) is 1. The summed E-state index contributed by atoms with van der Waals surface area (Å²) in [5.74, 6) is 0. The van der Waals surface area contributed by atoms with Crippen molar-refractivity contribution in [3.05, 3.63) is 69.7 Å². The van der Waals surface area contributed by atoms with Crippen molar-refractivity contribution in [2.75, 3.05) is 7.05 Å². The second-order valence-corrected chi connectivity index (χ2v) is 5.54. The number of hydrogen-bond acceptors (Lipinski definition) is 3. The lowest BCUT2D eigenvalue weighted by atomic mass is 9.99. The van der Waals surface area contributed by atoms with Gasteiger partial charge in [0.05, 0.1) is 5.71 Å². The van der Waals surface area contributed by atoms with E-state index in [1.54, 1.807) is 7.05 Å². The van der Waals surface area contributed by atoms with Crippen molar-refractivity contribution in [1.82, 2.24) is 5.43 Å². The third-order valence-electron chi connectivity index (χ3n) is 3.21. The van der Waals surface area contributed by atoms with Crippen LogP contribution in [-0.4, -0.2) is 18.5 Å². The lowest BCUT2D eigenvalue weighted by Gasteiger charge is -2.10. The van der Waals surface area contributed by atoms with Gasteiger partial charge in [0.1, 0.15) is 5.71 Å². The number of halogens is 1. The number of benzene rings is 2. The first-order valence-electron chi connectivity index (χ1n) is 6.84. The Bertz CT molecular complexity index is 660. The second-order valence-electron chi connectivity index (χ2n) is 4.62. The highest BCUT2D eigenvalue weighted by atomic mass is 79.9. The van der Waals surface area contributed by atoms with Crippen LogP contribution in [0.1, 0.15) is 23.6 Å². The van der Waals surface area contributed by atoms with E-state index < -0.39 is 0 Å². The van der Waals surface area contributed by atoms with E-state index in [4.69, 9.17) is 5.41 Å². The average Bonchev–Trinajstić information content (AvgIpc) is 2.52. The summed E-state index contributed by atoms with van der Waals surface area (Å²) in [7, 11) is 1.74. The van der Waals surface area contributed by atoms with Gasteiger partial charge in [-0.15, -0.1) is 0 Å². The van der Waals surface area contributed by atoms with Crippen molar-refractivity contribution in [3.63, 3.8) is 0 Å². The molecule has 0 atom stereocenters. The molecule has 0 fully saturated rings. The van der Waals surface area contributed by atoms with Gasteiger partial charge in [-0.2, -0.15) is 5.10 Å². The first-order chi connectivity index (χ1) is 10.2. The molecule has 0 bridgehead atoms. The number of hydrazone groups is 1. The molecule has 2 aromatic rings. The van der Waals surface area contributed by atoms with Crippen LogP contribution in [0.5, 0.6) is 0 Å². The van der Waals surface area contributed by atoms with Crippen LogP contribution in [0.15, 0.2) is 58.1 Å². The molecule has 4 heteroatoms. The normalized spacial score (nSPS) is 11.3. The molecule has 0 aliphatic rings. The van der Waals surface area contributed by atoms with Crippen LogP contribution >= 0.6 is 15.9 Å². The van der Waals surface area contributed by atoms with Crippen molar-refractivity contribution in [1.29, 1.82) is 5.41 Å². The van der Waals surface area contributed by atoms with Gasteiger partial charge in [0.25, 0.3) is 0 Å². The Hall–Kier alpha value is -1.94. The maximum absolute atomic E-state index is 8.44. The fourth-order valence-corrected chi connectivity index (χ4v) is 2.46. The van der Waals surface area contributed by atoms with E-state index >= 15 is 0 Å². The molecular formula is C17H18BrN3. The fraction of sp³-hybridized carbons (Fsp3) is 0.176. The minimum atomic E-state index is 0.408. The second kappa shape index (κ2) is 7.18. The van der Waals surface area contributed by atoms with Crippen LogP contribution in [-0.2, 0) is 6.42 Å². The summed E-state index contributed by atoms with van der Waals surface area (Å²) < 4.78 is 0.970. The molecule has 21 heavy (non-hydrogen) atoms. The van der Waals surface area contributed by atoms with Gasteiger partial charge in [0.2, 0.25) is 0 Å². The minimum absolute atomic E-state index is 0.408. The van der Waals surface area contributed by atoms with Gasteiger partial charge in [-0.05, 0) is 24.1 Å². The third kappa shape index (κ3) is 3.79. The number of hydrogen-bond donors (Lipinski definition) is 2. The molecule has 3 nitrogen and oxygen atoms in total. The molecule has 2 N–H and O–H groups in total. The minimum Gasteiger partial charge on any atom is -0.312 e. The maximum Gasteiger partial charge on any atom is 0.116 e. The van der Waals surface area contributed by atoms with Crippen molar-refractivity contribution in [2.45, 2.75) is 13.3 Å². The Morgan fingerprint density at radius 2 is 1.86 bits per heavy atom. The van der Waals surface area contributed by atoms with Crippen LogP contribution < -0.4 is 5.43 Å². The quantitative estimate of drug-likeness (QED) is 0.625. The van der Waals surface area contributed by atoms with Gasteiger partial charge >= 0.3 is 0 Å². The molecule has 0 aliphatic carbocycles. The topological polar surface area (TPSA) is 48.2 Å². The largest absolute Gasteiger partial charge is 0.312 e. The molecule has 0 heterocycles. The standard InChI is InChI=1S/C17H18BrN3/c1-3-12-7-9-13(10-8-12)16(19)17(21-20-2)14-5-4-6-15(18)11-14/h4-11,19-20H,3H2,1-2H3/b19-16?,21-17-. The van der Waals surface area contributed by atoms with E-state index in [0.29, 0.717) is 11.4 Å². The molecule has 2 aromatic carbocycles. The molecule has 2 rings (SSSR count). The molecule has 0 saturated heterocycles. The number of nitrogens with one attached hydrogen (secondary N) is 2. The maximum atomic E-state index is 8.44. The highest BCUT2D eigenvalue weighted by Gasteiger charge is 2.13. The summed E-state index contributed by atoms with van der Waals surface area (Å²) >= 11 is 3.46. The van der Waals surface area contributed by atoms with E-state index in [-0.39, 0.29) is 0 Å². The van der Waals surface area contributed by atoms with E-state index in [1.165, 1.54) is 5.56 Å². The molecule has 0 radical (unpaired) electrons. The molecule has 0 saturated carbocycles. The SMILES string of the molecule is CCc1ccc(C(=N)/C(=N\NC)c2cccc(Br)c2)cc1. The first-order valence-corrected chi connectivity index (χ1v) is 7.63. The number of aryl methyl sites for hydroxylation is 1. The van der Waals surface area contributed by atoms with E-state index in [2.05, 4.69) is 45.5 Å². The fourth-order valence-electron chi connectivity index (χ4n) is 2.06. The molecule has 0 spiro atoms. The van der Waals surface area contributed by atoms with Crippen LogP contribution in [0.25, 0.3) is 0 Å². The predicted octanol–water partition coefficient (Wildman–Crippen LogP) is 4.00. The van der Waals surface area contributed by atoms with Crippen molar-refractivity contribution in [2.24, 2.45) is 5.10 Å². The Balaban J connectivity index is 2.38. The lowest BCUT2D eigenvalue weighted by Crippen LogP contribution is -2.19. The molecular weight excluding hydrogens is 326 g/mol. The summed E-state index contributed by atoms with van der Waals surface area (Å²) in [6.07, 6.45) is 0.997. The van der Waals surface area contributed by atoms with Gasteiger partial charge < -0.3 is 5.43 Å².